The first-order chi connectivity index (χ1) is 6.15. The first-order valence-electron chi connectivity index (χ1n) is 5.29. The molecular formula is C10H22N2O. The zero-order chi connectivity index (χ0) is 9.84. The average molecular weight is 186 g/mol. The molecule has 3 N–H and O–H groups in total. The van der Waals surface area contributed by atoms with Crippen molar-refractivity contribution < 1.29 is 5.11 Å². The van der Waals surface area contributed by atoms with Gasteiger partial charge in [0.05, 0.1) is 0 Å². The number of nitrogens with two attached hydrogens (primary N) is 1. The fourth-order valence-electron chi connectivity index (χ4n) is 1.99. The van der Waals surface area contributed by atoms with E-state index in [1.54, 1.807) is 0 Å². The molecule has 1 atom stereocenters. The number of hydrogen-bond donors (Lipinski definition) is 2. The van der Waals surface area contributed by atoms with Gasteiger partial charge in [-0.1, -0.05) is 6.92 Å². The van der Waals surface area contributed by atoms with Crippen LogP contribution in [0.2, 0.25) is 0 Å². The van der Waals surface area contributed by atoms with Gasteiger partial charge in [-0.3, -0.25) is 4.90 Å². The highest BCUT2D eigenvalue weighted by Gasteiger charge is 2.26. The molecule has 0 aromatic heterocycles. The molecule has 3 heteroatoms. The summed E-state index contributed by atoms with van der Waals surface area (Å²) in [6, 6.07) is 0.371. The van der Waals surface area contributed by atoms with Crippen molar-refractivity contribution in [3.63, 3.8) is 0 Å². The highest BCUT2D eigenvalue weighted by molar-refractivity contribution is 4.78. The molecule has 0 bridgehead atoms. The van der Waals surface area contributed by atoms with E-state index in [2.05, 4.69) is 6.92 Å². The van der Waals surface area contributed by atoms with Gasteiger partial charge in [-0.25, -0.2) is 0 Å². The zero-order valence-electron chi connectivity index (χ0n) is 8.74. The maximum absolute atomic E-state index is 9.91. The molecule has 1 rings (SSSR count). The maximum atomic E-state index is 9.91. The van der Waals surface area contributed by atoms with E-state index in [1.807, 2.05) is 11.9 Å². The van der Waals surface area contributed by atoms with Crippen molar-refractivity contribution in [3.05, 3.63) is 0 Å². The Morgan fingerprint density at radius 3 is 2.38 bits per heavy atom. The van der Waals surface area contributed by atoms with Crippen LogP contribution in [0.3, 0.4) is 0 Å². The molecule has 1 fully saturated rings. The standard InChI is InChI=1S/C10H22N2O/c1-3-12(2)10(13)8-4-6-9(11)7-5-8/h8-10,13H,3-7,11H2,1-2H3. The van der Waals surface area contributed by atoms with E-state index in [0.29, 0.717) is 12.0 Å². The molecule has 0 heterocycles. The Balaban J connectivity index is 2.35. The van der Waals surface area contributed by atoms with Crippen molar-refractivity contribution in [1.82, 2.24) is 4.90 Å². The van der Waals surface area contributed by atoms with Crippen LogP contribution >= 0.6 is 0 Å². The van der Waals surface area contributed by atoms with Crippen LogP contribution < -0.4 is 5.73 Å². The van der Waals surface area contributed by atoms with Crippen LogP contribution in [-0.4, -0.2) is 35.9 Å². The van der Waals surface area contributed by atoms with Crippen LogP contribution in [0, 0.1) is 5.92 Å². The molecule has 0 amide bonds. The van der Waals surface area contributed by atoms with Crippen molar-refractivity contribution in [2.75, 3.05) is 13.6 Å². The number of rotatable bonds is 3. The van der Waals surface area contributed by atoms with Crippen LogP contribution in [0.4, 0.5) is 0 Å². The molecule has 78 valence electrons. The lowest BCUT2D eigenvalue weighted by Gasteiger charge is -2.34. The van der Waals surface area contributed by atoms with E-state index in [-0.39, 0.29) is 6.23 Å². The summed E-state index contributed by atoms with van der Waals surface area (Å²) in [5.74, 6) is 0.435. The summed E-state index contributed by atoms with van der Waals surface area (Å²) in [6.45, 7) is 2.97. The summed E-state index contributed by atoms with van der Waals surface area (Å²) in [5.41, 5.74) is 5.81. The second-order valence-electron chi connectivity index (χ2n) is 4.16. The van der Waals surface area contributed by atoms with Crippen molar-refractivity contribution in [2.24, 2.45) is 11.7 Å². The van der Waals surface area contributed by atoms with Gasteiger partial charge in [-0.2, -0.15) is 0 Å². The monoisotopic (exact) mass is 186 g/mol. The Morgan fingerprint density at radius 2 is 1.92 bits per heavy atom. The van der Waals surface area contributed by atoms with E-state index in [1.165, 1.54) is 0 Å². The van der Waals surface area contributed by atoms with Crippen LogP contribution in [-0.2, 0) is 0 Å². The molecule has 3 nitrogen and oxygen atoms in total. The summed E-state index contributed by atoms with van der Waals surface area (Å²) in [4.78, 5) is 2.00. The minimum Gasteiger partial charge on any atom is -0.378 e. The number of aliphatic hydroxyl groups is 1. The minimum absolute atomic E-state index is 0.266. The summed E-state index contributed by atoms with van der Waals surface area (Å²) in [5, 5.41) is 9.91. The van der Waals surface area contributed by atoms with Gasteiger partial charge in [-0.15, -0.1) is 0 Å². The highest BCUT2D eigenvalue weighted by atomic mass is 16.3. The van der Waals surface area contributed by atoms with E-state index in [9.17, 15) is 5.11 Å². The first-order valence-corrected chi connectivity index (χ1v) is 5.29. The van der Waals surface area contributed by atoms with Gasteiger partial charge < -0.3 is 10.8 Å². The van der Waals surface area contributed by atoms with Gasteiger partial charge in [0.15, 0.2) is 0 Å². The number of nitrogens with zero attached hydrogens (tertiary/aromatic N) is 1. The molecule has 13 heavy (non-hydrogen) atoms. The minimum atomic E-state index is -0.266. The second kappa shape index (κ2) is 4.94. The predicted octanol–water partition coefficient (Wildman–Crippen LogP) is 0.774. The van der Waals surface area contributed by atoms with E-state index >= 15 is 0 Å². The molecule has 0 aliphatic heterocycles. The molecule has 0 radical (unpaired) electrons. The van der Waals surface area contributed by atoms with Crippen molar-refractivity contribution in [1.29, 1.82) is 0 Å². The fraction of sp³-hybridized carbons (Fsp3) is 1.00. The molecule has 0 aromatic rings. The Morgan fingerprint density at radius 1 is 1.38 bits per heavy atom. The Labute approximate surface area is 80.9 Å². The van der Waals surface area contributed by atoms with Gasteiger partial charge in [0.25, 0.3) is 0 Å². The van der Waals surface area contributed by atoms with Crippen LogP contribution in [0.15, 0.2) is 0 Å². The third-order valence-electron chi connectivity index (χ3n) is 3.19. The van der Waals surface area contributed by atoms with Crippen molar-refractivity contribution in [2.45, 2.75) is 44.9 Å². The molecule has 1 aliphatic carbocycles. The fourth-order valence-corrected chi connectivity index (χ4v) is 1.99. The van der Waals surface area contributed by atoms with Gasteiger partial charge in [0, 0.05) is 6.04 Å². The lowest BCUT2D eigenvalue weighted by molar-refractivity contribution is -0.0350. The number of hydrogen-bond acceptors (Lipinski definition) is 3. The zero-order valence-corrected chi connectivity index (χ0v) is 8.74. The van der Waals surface area contributed by atoms with Gasteiger partial charge in [0.1, 0.15) is 6.23 Å². The topological polar surface area (TPSA) is 49.5 Å². The molecule has 1 aliphatic rings. The smallest absolute Gasteiger partial charge is 0.109 e. The van der Waals surface area contributed by atoms with Gasteiger partial charge in [-0.05, 0) is 45.2 Å². The predicted molar refractivity (Wildman–Crippen MR) is 54.2 cm³/mol. The van der Waals surface area contributed by atoms with Crippen LogP contribution in [0.1, 0.15) is 32.6 Å². The van der Waals surface area contributed by atoms with Crippen molar-refractivity contribution >= 4 is 0 Å². The van der Waals surface area contributed by atoms with E-state index in [0.717, 1.165) is 32.2 Å². The lowest BCUT2D eigenvalue weighted by Crippen LogP contribution is -2.41. The van der Waals surface area contributed by atoms with Gasteiger partial charge >= 0.3 is 0 Å². The molecular weight excluding hydrogens is 164 g/mol. The Bertz CT molecular complexity index is 144. The molecule has 0 saturated heterocycles. The van der Waals surface area contributed by atoms with Crippen LogP contribution in [0.25, 0.3) is 0 Å². The number of aliphatic hydroxyl groups excluding tert-OH is 1. The van der Waals surface area contributed by atoms with Crippen LogP contribution in [0.5, 0.6) is 0 Å². The average Bonchev–Trinajstić information content (AvgIpc) is 2.17. The molecule has 0 spiro atoms. The summed E-state index contributed by atoms with van der Waals surface area (Å²) < 4.78 is 0. The highest BCUT2D eigenvalue weighted by Crippen LogP contribution is 2.26. The molecule has 1 saturated carbocycles. The lowest BCUT2D eigenvalue weighted by atomic mass is 9.85. The van der Waals surface area contributed by atoms with Gasteiger partial charge in [0.2, 0.25) is 0 Å². The normalized spacial score (nSPS) is 32.1. The SMILES string of the molecule is CCN(C)C(O)C1CCC(N)CC1. The third-order valence-corrected chi connectivity index (χ3v) is 3.19. The summed E-state index contributed by atoms with van der Waals surface area (Å²) in [7, 11) is 1.97. The Kier molecular flexibility index (Phi) is 4.16. The first kappa shape index (κ1) is 11.0. The summed E-state index contributed by atoms with van der Waals surface area (Å²) >= 11 is 0. The summed E-state index contributed by atoms with van der Waals surface area (Å²) in [6.07, 6.45) is 4.02. The van der Waals surface area contributed by atoms with Crippen molar-refractivity contribution in [3.8, 4) is 0 Å². The van der Waals surface area contributed by atoms with E-state index < -0.39 is 0 Å². The molecule has 1 unspecified atom stereocenters. The molecule has 0 aromatic carbocycles. The second-order valence-corrected chi connectivity index (χ2v) is 4.16. The largest absolute Gasteiger partial charge is 0.378 e. The maximum Gasteiger partial charge on any atom is 0.109 e. The Hall–Kier alpha value is -0.120. The quantitative estimate of drug-likeness (QED) is 0.640. The van der Waals surface area contributed by atoms with E-state index in [4.69, 9.17) is 5.73 Å². The third kappa shape index (κ3) is 2.93.